The van der Waals surface area contributed by atoms with Crippen molar-refractivity contribution in [1.29, 1.82) is 0 Å². The zero-order valence-electron chi connectivity index (χ0n) is 7.50. The molecule has 5 heteroatoms. The topological polar surface area (TPSA) is 72.2 Å². The Morgan fingerprint density at radius 2 is 2.07 bits per heavy atom. The monoisotopic (exact) mass is 212 g/mol. The van der Waals surface area contributed by atoms with E-state index in [1.54, 1.807) is 0 Å². The van der Waals surface area contributed by atoms with Crippen molar-refractivity contribution in [1.82, 2.24) is 0 Å². The molecule has 0 unspecified atom stereocenters. The molecule has 0 fully saturated rings. The molecule has 0 heterocycles. The van der Waals surface area contributed by atoms with E-state index < -0.39 is 5.91 Å². The smallest absolute Gasteiger partial charge is 0.248 e. The van der Waals surface area contributed by atoms with Crippen LogP contribution in [-0.4, -0.2) is 11.8 Å². The number of halogens is 1. The average Bonchev–Trinajstić information content (AvgIpc) is 2.07. The molecule has 0 spiro atoms. The molecule has 0 saturated carbocycles. The molecule has 0 aliphatic rings. The standard InChI is InChI=1S/C9H9ClN2O2/c1-5(13)12-8-3-2-6(9(11)14)4-7(8)10/h2-4H,1H3,(H2,11,14)(H,12,13). The summed E-state index contributed by atoms with van der Waals surface area (Å²) in [6, 6.07) is 4.44. The molecule has 1 aromatic carbocycles. The SMILES string of the molecule is CC(=O)Nc1ccc(C(N)=O)cc1Cl. The Morgan fingerprint density at radius 1 is 1.43 bits per heavy atom. The number of primary amides is 1. The number of anilines is 1. The van der Waals surface area contributed by atoms with Crippen LogP contribution in [0.1, 0.15) is 17.3 Å². The summed E-state index contributed by atoms with van der Waals surface area (Å²) in [5, 5.41) is 2.80. The summed E-state index contributed by atoms with van der Waals surface area (Å²) in [7, 11) is 0. The minimum absolute atomic E-state index is 0.223. The lowest BCUT2D eigenvalue weighted by Crippen LogP contribution is -2.11. The van der Waals surface area contributed by atoms with Gasteiger partial charge in [-0.1, -0.05) is 11.6 Å². The van der Waals surface area contributed by atoms with Gasteiger partial charge in [0.05, 0.1) is 10.7 Å². The highest BCUT2D eigenvalue weighted by molar-refractivity contribution is 6.34. The summed E-state index contributed by atoms with van der Waals surface area (Å²) in [5.74, 6) is -0.778. The van der Waals surface area contributed by atoms with Gasteiger partial charge >= 0.3 is 0 Å². The van der Waals surface area contributed by atoms with Gasteiger partial charge in [0.2, 0.25) is 11.8 Å². The first-order valence-electron chi connectivity index (χ1n) is 3.87. The van der Waals surface area contributed by atoms with Crippen molar-refractivity contribution in [3.05, 3.63) is 28.8 Å². The van der Waals surface area contributed by atoms with E-state index in [0.717, 1.165) is 0 Å². The summed E-state index contributed by atoms with van der Waals surface area (Å²) in [4.78, 5) is 21.5. The van der Waals surface area contributed by atoms with Gasteiger partial charge in [-0.2, -0.15) is 0 Å². The normalized spacial score (nSPS) is 9.57. The van der Waals surface area contributed by atoms with Gasteiger partial charge in [-0.3, -0.25) is 9.59 Å². The summed E-state index contributed by atoms with van der Waals surface area (Å²) >= 11 is 5.80. The molecule has 2 amide bonds. The van der Waals surface area contributed by atoms with Crippen molar-refractivity contribution in [2.75, 3.05) is 5.32 Å². The van der Waals surface area contributed by atoms with Gasteiger partial charge < -0.3 is 11.1 Å². The molecule has 1 aromatic rings. The predicted molar refractivity (Wildman–Crippen MR) is 54.3 cm³/mol. The van der Waals surface area contributed by atoms with Crippen LogP contribution in [0.3, 0.4) is 0 Å². The number of carbonyl (C=O) groups is 2. The molecule has 0 saturated heterocycles. The fourth-order valence-electron chi connectivity index (χ4n) is 0.959. The van der Waals surface area contributed by atoms with Crippen molar-refractivity contribution in [3.63, 3.8) is 0 Å². The van der Waals surface area contributed by atoms with Crippen LogP contribution >= 0.6 is 11.6 Å². The van der Waals surface area contributed by atoms with Gasteiger partial charge in [0, 0.05) is 12.5 Å². The van der Waals surface area contributed by atoms with Gasteiger partial charge in [0.1, 0.15) is 0 Å². The largest absolute Gasteiger partial charge is 0.366 e. The molecule has 0 bridgehead atoms. The highest BCUT2D eigenvalue weighted by Gasteiger charge is 2.05. The predicted octanol–water partition coefficient (Wildman–Crippen LogP) is 1.40. The Morgan fingerprint density at radius 3 is 2.50 bits per heavy atom. The highest BCUT2D eigenvalue weighted by atomic mass is 35.5. The molecule has 0 aromatic heterocycles. The molecular weight excluding hydrogens is 204 g/mol. The molecule has 3 N–H and O–H groups in total. The Bertz CT molecular complexity index is 390. The van der Waals surface area contributed by atoms with E-state index in [9.17, 15) is 9.59 Å². The van der Waals surface area contributed by atoms with E-state index in [4.69, 9.17) is 17.3 Å². The van der Waals surface area contributed by atoms with Crippen molar-refractivity contribution >= 4 is 29.1 Å². The van der Waals surface area contributed by atoms with Gasteiger partial charge in [-0.05, 0) is 18.2 Å². The van der Waals surface area contributed by atoms with E-state index in [1.165, 1.54) is 25.1 Å². The van der Waals surface area contributed by atoms with Crippen LogP contribution in [0.15, 0.2) is 18.2 Å². The van der Waals surface area contributed by atoms with Crippen LogP contribution in [0.4, 0.5) is 5.69 Å². The quantitative estimate of drug-likeness (QED) is 0.778. The molecule has 14 heavy (non-hydrogen) atoms. The fraction of sp³-hybridized carbons (Fsp3) is 0.111. The average molecular weight is 213 g/mol. The molecule has 4 nitrogen and oxygen atoms in total. The lowest BCUT2D eigenvalue weighted by molar-refractivity contribution is -0.114. The third-order valence-electron chi connectivity index (χ3n) is 1.56. The zero-order valence-corrected chi connectivity index (χ0v) is 8.26. The van der Waals surface area contributed by atoms with Gasteiger partial charge in [-0.15, -0.1) is 0 Å². The first kappa shape index (κ1) is 10.5. The number of amides is 2. The number of hydrogen-bond acceptors (Lipinski definition) is 2. The van der Waals surface area contributed by atoms with Crippen molar-refractivity contribution in [2.24, 2.45) is 5.73 Å². The van der Waals surface area contributed by atoms with Crippen LogP contribution in [-0.2, 0) is 4.79 Å². The molecule has 0 atom stereocenters. The summed E-state index contributed by atoms with van der Waals surface area (Å²) in [6.45, 7) is 1.37. The minimum atomic E-state index is -0.554. The number of carbonyl (C=O) groups excluding carboxylic acids is 2. The van der Waals surface area contributed by atoms with Crippen molar-refractivity contribution in [3.8, 4) is 0 Å². The van der Waals surface area contributed by atoms with E-state index in [2.05, 4.69) is 5.32 Å². The maximum absolute atomic E-state index is 10.8. The number of rotatable bonds is 2. The molecule has 1 rings (SSSR count). The molecule has 0 radical (unpaired) electrons. The van der Waals surface area contributed by atoms with E-state index in [0.29, 0.717) is 11.3 Å². The Kier molecular flexibility index (Phi) is 3.09. The lowest BCUT2D eigenvalue weighted by atomic mass is 10.2. The molecule has 0 aliphatic carbocycles. The van der Waals surface area contributed by atoms with Crippen molar-refractivity contribution in [2.45, 2.75) is 6.92 Å². The number of nitrogens with one attached hydrogen (secondary N) is 1. The van der Waals surface area contributed by atoms with Crippen LogP contribution in [0, 0.1) is 0 Å². The van der Waals surface area contributed by atoms with Crippen LogP contribution in [0.25, 0.3) is 0 Å². The summed E-state index contributed by atoms with van der Waals surface area (Å²) < 4.78 is 0. The summed E-state index contributed by atoms with van der Waals surface area (Å²) in [6.07, 6.45) is 0. The number of hydrogen-bond donors (Lipinski definition) is 2. The van der Waals surface area contributed by atoms with Gasteiger partial charge in [-0.25, -0.2) is 0 Å². The Labute approximate surface area is 86.0 Å². The lowest BCUT2D eigenvalue weighted by Gasteiger charge is -2.05. The summed E-state index contributed by atoms with van der Waals surface area (Å²) in [5.41, 5.74) is 5.82. The van der Waals surface area contributed by atoms with E-state index in [-0.39, 0.29) is 10.9 Å². The van der Waals surface area contributed by atoms with E-state index in [1.807, 2.05) is 0 Å². The minimum Gasteiger partial charge on any atom is -0.366 e. The highest BCUT2D eigenvalue weighted by Crippen LogP contribution is 2.22. The molecular formula is C9H9ClN2O2. The van der Waals surface area contributed by atoms with Gasteiger partial charge in [0.15, 0.2) is 0 Å². The Hall–Kier alpha value is -1.55. The Balaban J connectivity index is 3.01. The first-order chi connectivity index (χ1) is 6.50. The second-order valence-corrected chi connectivity index (χ2v) is 3.15. The molecule has 0 aliphatic heterocycles. The fourth-order valence-corrected chi connectivity index (χ4v) is 1.19. The third-order valence-corrected chi connectivity index (χ3v) is 1.88. The zero-order chi connectivity index (χ0) is 10.7. The second-order valence-electron chi connectivity index (χ2n) is 2.74. The molecule has 74 valence electrons. The van der Waals surface area contributed by atoms with Crippen LogP contribution in [0.2, 0.25) is 5.02 Å². The second kappa shape index (κ2) is 4.11. The van der Waals surface area contributed by atoms with Crippen LogP contribution in [0.5, 0.6) is 0 Å². The van der Waals surface area contributed by atoms with E-state index >= 15 is 0 Å². The van der Waals surface area contributed by atoms with Gasteiger partial charge in [0.25, 0.3) is 0 Å². The number of benzene rings is 1. The van der Waals surface area contributed by atoms with Crippen molar-refractivity contribution < 1.29 is 9.59 Å². The van der Waals surface area contributed by atoms with Crippen LogP contribution < -0.4 is 11.1 Å². The first-order valence-corrected chi connectivity index (χ1v) is 4.25. The third kappa shape index (κ3) is 2.47. The maximum atomic E-state index is 10.8. The maximum Gasteiger partial charge on any atom is 0.248 e. The number of nitrogens with two attached hydrogens (primary N) is 1.